The summed E-state index contributed by atoms with van der Waals surface area (Å²) in [6.07, 6.45) is 0.299. The molecule has 0 spiro atoms. The Balaban J connectivity index is 1.86. The van der Waals surface area contributed by atoms with Gasteiger partial charge in [0.25, 0.3) is 5.91 Å². The molecule has 2 heterocycles. The number of aromatic nitrogens is 2. The highest BCUT2D eigenvalue weighted by atomic mass is 19.2. The third kappa shape index (κ3) is 2.51. The van der Waals surface area contributed by atoms with Crippen LogP contribution in [0.15, 0.2) is 12.1 Å². The first-order chi connectivity index (χ1) is 11.4. The number of nitrogens with one attached hydrogen (secondary N) is 1. The molecule has 1 N–H and O–H groups in total. The molecule has 126 valence electrons. The molecule has 0 unspecified atom stereocenters. The summed E-state index contributed by atoms with van der Waals surface area (Å²) in [5.41, 5.74) is 0.721. The van der Waals surface area contributed by atoms with Crippen molar-refractivity contribution in [2.24, 2.45) is 0 Å². The lowest BCUT2D eigenvalue weighted by molar-refractivity contribution is 0.0592. The van der Waals surface area contributed by atoms with Crippen molar-refractivity contribution in [2.75, 3.05) is 13.7 Å². The largest absolute Gasteiger partial charge is 0.464 e. The first-order valence-electron chi connectivity index (χ1n) is 7.01. The first kappa shape index (κ1) is 16.0. The van der Waals surface area contributed by atoms with E-state index in [4.69, 9.17) is 0 Å². The molecule has 24 heavy (non-hydrogen) atoms. The van der Waals surface area contributed by atoms with E-state index in [2.05, 4.69) is 14.9 Å². The van der Waals surface area contributed by atoms with Crippen LogP contribution >= 0.6 is 0 Å². The van der Waals surface area contributed by atoms with Gasteiger partial charge in [0.1, 0.15) is 0 Å². The number of amides is 1. The van der Waals surface area contributed by atoms with Gasteiger partial charge >= 0.3 is 5.97 Å². The number of fused-ring (bicyclic) bond motifs is 1. The third-order valence-corrected chi connectivity index (χ3v) is 3.87. The fourth-order valence-electron chi connectivity index (χ4n) is 2.62. The number of hydrogen-bond acceptors (Lipinski definition) is 4. The summed E-state index contributed by atoms with van der Waals surface area (Å²) in [6, 6.07) is 1.60. The fourth-order valence-corrected chi connectivity index (χ4v) is 2.62. The van der Waals surface area contributed by atoms with E-state index < -0.39 is 34.9 Å². The number of nitrogens with zero attached hydrogens (tertiary/aromatic N) is 2. The van der Waals surface area contributed by atoms with E-state index >= 15 is 0 Å². The molecule has 9 heteroatoms. The van der Waals surface area contributed by atoms with Crippen LogP contribution in [-0.4, -0.2) is 40.6 Å². The minimum Gasteiger partial charge on any atom is -0.464 e. The average Bonchev–Trinajstić information content (AvgIpc) is 3.01. The Labute approximate surface area is 134 Å². The molecule has 0 saturated heterocycles. The Morgan fingerprint density at radius 2 is 2.00 bits per heavy atom. The van der Waals surface area contributed by atoms with E-state index in [1.807, 2.05) is 0 Å². The van der Waals surface area contributed by atoms with Crippen molar-refractivity contribution >= 4 is 11.9 Å². The Hall–Kier alpha value is -2.84. The lowest BCUT2D eigenvalue weighted by atomic mass is 10.0. The second-order valence-corrected chi connectivity index (χ2v) is 5.22. The van der Waals surface area contributed by atoms with E-state index in [9.17, 15) is 22.8 Å². The number of halogens is 3. The van der Waals surface area contributed by atoms with Gasteiger partial charge in [-0.1, -0.05) is 0 Å². The highest BCUT2D eigenvalue weighted by Crippen LogP contribution is 2.24. The number of esters is 1. The highest BCUT2D eigenvalue weighted by molar-refractivity contribution is 5.95. The molecule has 2 aromatic rings. The smallest absolute Gasteiger partial charge is 0.358 e. The van der Waals surface area contributed by atoms with Gasteiger partial charge in [-0.3, -0.25) is 9.89 Å². The summed E-state index contributed by atoms with van der Waals surface area (Å²) >= 11 is 0. The highest BCUT2D eigenvalue weighted by Gasteiger charge is 2.30. The van der Waals surface area contributed by atoms with Gasteiger partial charge in [0.2, 0.25) is 0 Å². The SMILES string of the molecule is COC(=O)c1n[nH]c2c1CCN(C(=O)c1ccc(F)c(F)c1F)C2. The van der Waals surface area contributed by atoms with Gasteiger partial charge in [0.15, 0.2) is 23.1 Å². The lowest BCUT2D eigenvalue weighted by Crippen LogP contribution is -2.36. The number of aromatic amines is 1. The number of benzene rings is 1. The van der Waals surface area contributed by atoms with Crippen LogP contribution in [0.25, 0.3) is 0 Å². The molecule has 1 aromatic heterocycles. The van der Waals surface area contributed by atoms with Crippen molar-refractivity contribution in [2.45, 2.75) is 13.0 Å². The van der Waals surface area contributed by atoms with Crippen LogP contribution in [0.1, 0.15) is 32.1 Å². The first-order valence-corrected chi connectivity index (χ1v) is 7.01. The van der Waals surface area contributed by atoms with Gasteiger partial charge in [-0.25, -0.2) is 18.0 Å². The molecule has 3 rings (SSSR count). The van der Waals surface area contributed by atoms with Crippen molar-refractivity contribution in [1.82, 2.24) is 15.1 Å². The second kappa shape index (κ2) is 5.99. The molecule has 0 fully saturated rings. The fraction of sp³-hybridized carbons (Fsp3) is 0.267. The van der Waals surface area contributed by atoms with Crippen molar-refractivity contribution in [3.05, 3.63) is 52.1 Å². The normalized spacial score (nSPS) is 13.6. The number of methoxy groups -OCH3 is 1. The average molecular weight is 339 g/mol. The van der Waals surface area contributed by atoms with Crippen LogP contribution in [0.2, 0.25) is 0 Å². The monoisotopic (exact) mass is 339 g/mol. The number of rotatable bonds is 2. The predicted molar refractivity (Wildman–Crippen MR) is 74.7 cm³/mol. The molecular formula is C15H12F3N3O3. The number of H-pyrrole nitrogens is 1. The molecule has 0 aliphatic carbocycles. The second-order valence-electron chi connectivity index (χ2n) is 5.22. The van der Waals surface area contributed by atoms with Crippen LogP contribution < -0.4 is 0 Å². The number of ether oxygens (including phenoxy) is 1. The van der Waals surface area contributed by atoms with Gasteiger partial charge in [-0.2, -0.15) is 5.10 Å². The molecule has 1 aliphatic rings. The maximum absolute atomic E-state index is 13.8. The van der Waals surface area contributed by atoms with Gasteiger partial charge in [0.05, 0.1) is 24.9 Å². The quantitative estimate of drug-likeness (QED) is 0.669. The van der Waals surface area contributed by atoms with Crippen molar-refractivity contribution in [3.63, 3.8) is 0 Å². The molecular weight excluding hydrogens is 327 g/mol. The zero-order chi connectivity index (χ0) is 17.4. The molecule has 1 aliphatic heterocycles. The van der Waals surface area contributed by atoms with E-state index in [0.717, 1.165) is 6.07 Å². The zero-order valence-electron chi connectivity index (χ0n) is 12.5. The molecule has 0 atom stereocenters. The maximum atomic E-state index is 13.8. The Kier molecular flexibility index (Phi) is 4.00. The Bertz CT molecular complexity index is 835. The maximum Gasteiger partial charge on any atom is 0.358 e. The standard InChI is InChI=1S/C15H12F3N3O3/c1-24-15(23)13-7-4-5-21(6-10(7)19-20-13)14(22)8-2-3-9(16)12(18)11(8)17/h2-3H,4-6H2,1H3,(H,19,20). The molecule has 1 aromatic carbocycles. The minimum atomic E-state index is -1.69. The molecule has 0 bridgehead atoms. The van der Waals surface area contributed by atoms with Crippen LogP contribution in [0.4, 0.5) is 13.2 Å². The number of carbonyl (C=O) groups is 2. The van der Waals surface area contributed by atoms with Crippen molar-refractivity contribution in [3.8, 4) is 0 Å². The van der Waals surface area contributed by atoms with Crippen molar-refractivity contribution < 1.29 is 27.5 Å². The summed E-state index contributed by atoms with van der Waals surface area (Å²) in [5.74, 6) is -5.94. The van der Waals surface area contributed by atoms with Gasteiger partial charge in [-0.15, -0.1) is 0 Å². The Morgan fingerprint density at radius 3 is 2.71 bits per heavy atom. The summed E-state index contributed by atoms with van der Waals surface area (Å²) in [4.78, 5) is 25.2. The zero-order valence-corrected chi connectivity index (χ0v) is 12.5. The molecule has 0 saturated carbocycles. The number of hydrogen-bond donors (Lipinski definition) is 1. The van der Waals surface area contributed by atoms with E-state index in [0.29, 0.717) is 23.7 Å². The molecule has 1 amide bonds. The summed E-state index contributed by atoms with van der Waals surface area (Å²) in [6.45, 7) is 0.213. The van der Waals surface area contributed by atoms with Crippen LogP contribution in [0, 0.1) is 17.5 Å². The number of carbonyl (C=O) groups excluding carboxylic acids is 2. The van der Waals surface area contributed by atoms with Crippen LogP contribution in [-0.2, 0) is 17.7 Å². The Morgan fingerprint density at radius 1 is 1.25 bits per heavy atom. The van der Waals surface area contributed by atoms with E-state index in [1.54, 1.807) is 0 Å². The molecule has 0 radical (unpaired) electrons. The molecule has 6 nitrogen and oxygen atoms in total. The van der Waals surface area contributed by atoms with E-state index in [1.165, 1.54) is 12.0 Å². The summed E-state index contributed by atoms with van der Waals surface area (Å²) in [5, 5.41) is 6.50. The van der Waals surface area contributed by atoms with Crippen LogP contribution in [0.5, 0.6) is 0 Å². The van der Waals surface area contributed by atoms with Gasteiger partial charge < -0.3 is 9.64 Å². The lowest BCUT2D eigenvalue weighted by Gasteiger charge is -2.27. The summed E-state index contributed by atoms with van der Waals surface area (Å²) in [7, 11) is 1.23. The minimum absolute atomic E-state index is 0.0383. The van der Waals surface area contributed by atoms with Gasteiger partial charge in [-0.05, 0) is 18.6 Å². The van der Waals surface area contributed by atoms with Crippen molar-refractivity contribution in [1.29, 1.82) is 0 Å². The van der Waals surface area contributed by atoms with E-state index in [-0.39, 0.29) is 18.8 Å². The predicted octanol–water partition coefficient (Wildman–Crippen LogP) is 1.81. The van der Waals surface area contributed by atoms with Crippen LogP contribution in [0.3, 0.4) is 0 Å². The topological polar surface area (TPSA) is 75.3 Å². The van der Waals surface area contributed by atoms with Gasteiger partial charge in [0, 0.05) is 12.1 Å². The third-order valence-electron chi connectivity index (χ3n) is 3.87. The summed E-state index contributed by atoms with van der Waals surface area (Å²) < 4.78 is 44.7.